The minimum Gasteiger partial charge on any atom is -0.465 e. The Labute approximate surface area is 92.5 Å². The van der Waals surface area contributed by atoms with E-state index in [1.807, 2.05) is 19.1 Å². The lowest BCUT2D eigenvalue weighted by Gasteiger charge is -2.08. The number of esters is 1. The number of halogens is 1. The fraction of sp³-hybridized carbons (Fsp3) is 0.364. The molecule has 0 saturated carbocycles. The van der Waals surface area contributed by atoms with Crippen molar-refractivity contribution in [2.45, 2.75) is 19.8 Å². The number of methoxy groups -OCH3 is 1. The Morgan fingerprint density at radius 2 is 2.21 bits per heavy atom. The maximum atomic E-state index is 11.4. The summed E-state index contributed by atoms with van der Waals surface area (Å²) in [6.45, 7) is 1.96. The number of carbonyl (C=O) groups excluding carboxylic acids is 1. The van der Waals surface area contributed by atoms with Gasteiger partial charge in [-0.25, -0.2) is 4.79 Å². The fourth-order valence-corrected chi connectivity index (χ4v) is 1.62. The minimum absolute atomic E-state index is 0.259. The molecular formula is C11H13BrO2. The van der Waals surface area contributed by atoms with Gasteiger partial charge < -0.3 is 4.74 Å². The molecule has 76 valence electrons. The summed E-state index contributed by atoms with van der Waals surface area (Å²) in [4.78, 5) is 11.4. The molecule has 0 heterocycles. The number of rotatable bonds is 1. The highest BCUT2D eigenvalue weighted by Crippen LogP contribution is 2.22. The maximum Gasteiger partial charge on any atom is 0.337 e. The van der Waals surface area contributed by atoms with Gasteiger partial charge in [-0.05, 0) is 30.3 Å². The van der Waals surface area contributed by atoms with Crippen LogP contribution in [0.25, 0.3) is 0 Å². The highest BCUT2D eigenvalue weighted by Gasteiger charge is 2.11. The molecule has 0 saturated heterocycles. The second kappa shape index (κ2) is 5.15. The first-order valence-electron chi connectivity index (χ1n) is 4.46. The second-order valence-electron chi connectivity index (χ2n) is 3.16. The van der Waals surface area contributed by atoms with Gasteiger partial charge in [0.2, 0.25) is 0 Å². The Hall–Kier alpha value is -0.830. The van der Waals surface area contributed by atoms with Crippen LogP contribution in [0.3, 0.4) is 0 Å². The molecule has 3 heteroatoms. The van der Waals surface area contributed by atoms with E-state index in [-0.39, 0.29) is 5.97 Å². The SMILES string of the molecule is COC(=O)C1=C(C)CCC(Br)=CC=C1. The molecule has 1 aliphatic rings. The number of hydrogen-bond acceptors (Lipinski definition) is 2. The van der Waals surface area contributed by atoms with Gasteiger partial charge >= 0.3 is 5.97 Å². The minimum atomic E-state index is -0.259. The van der Waals surface area contributed by atoms with Gasteiger partial charge in [0.15, 0.2) is 0 Å². The summed E-state index contributed by atoms with van der Waals surface area (Å²) in [6.07, 6.45) is 7.42. The van der Waals surface area contributed by atoms with E-state index < -0.39 is 0 Å². The number of allylic oxidation sites excluding steroid dienone is 4. The summed E-state index contributed by atoms with van der Waals surface area (Å²) in [5.74, 6) is -0.259. The van der Waals surface area contributed by atoms with E-state index in [2.05, 4.69) is 15.9 Å². The summed E-state index contributed by atoms with van der Waals surface area (Å²) in [6, 6.07) is 0. The second-order valence-corrected chi connectivity index (χ2v) is 4.18. The van der Waals surface area contributed by atoms with Crippen molar-refractivity contribution in [1.82, 2.24) is 0 Å². The lowest BCUT2D eigenvalue weighted by atomic mass is 10.0. The van der Waals surface area contributed by atoms with Crippen LogP contribution in [-0.2, 0) is 9.53 Å². The van der Waals surface area contributed by atoms with Crippen molar-refractivity contribution >= 4 is 21.9 Å². The average Bonchev–Trinajstić information content (AvgIpc) is 2.17. The number of carbonyl (C=O) groups is 1. The summed E-state index contributed by atoms with van der Waals surface area (Å²) in [5.41, 5.74) is 1.74. The van der Waals surface area contributed by atoms with Crippen molar-refractivity contribution in [3.8, 4) is 0 Å². The lowest BCUT2D eigenvalue weighted by molar-refractivity contribution is -0.135. The van der Waals surface area contributed by atoms with Crippen molar-refractivity contribution in [2.24, 2.45) is 0 Å². The monoisotopic (exact) mass is 256 g/mol. The zero-order valence-corrected chi connectivity index (χ0v) is 9.93. The standard InChI is InChI=1S/C11H13BrO2/c1-8-6-7-9(12)4-3-5-10(8)11(13)14-2/h3-5H,6-7H2,1-2H3. The first kappa shape index (κ1) is 11.2. The number of hydrogen-bond donors (Lipinski definition) is 0. The molecule has 0 bridgehead atoms. The smallest absolute Gasteiger partial charge is 0.337 e. The van der Waals surface area contributed by atoms with E-state index in [1.54, 1.807) is 6.08 Å². The molecule has 0 atom stereocenters. The van der Waals surface area contributed by atoms with Gasteiger partial charge in [0.05, 0.1) is 12.7 Å². The third-order valence-electron chi connectivity index (χ3n) is 2.14. The summed E-state index contributed by atoms with van der Waals surface area (Å²) in [7, 11) is 1.40. The zero-order chi connectivity index (χ0) is 10.6. The van der Waals surface area contributed by atoms with Gasteiger partial charge in [-0.3, -0.25) is 0 Å². The summed E-state index contributed by atoms with van der Waals surface area (Å²) in [5, 5.41) is 0. The van der Waals surface area contributed by atoms with Crippen LogP contribution < -0.4 is 0 Å². The van der Waals surface area contributed by atoms with Crippen molar-refractivity contribution in [1.29, 1.82) is 0 Å². The highest BCUT2D eigenvalue weighted by atomic mass is 79.9. The molecule has 0 radical (unpaired) electrons. The van der Waals surface area contributed by atoms with E-state index in [1.165, 1.54) is 7.11 Å². The molecule has 14 heavy (non-hydrogen) atoms. The quantitative estimate of drug-likeness (QED) is 0.674. The van der Waals surface area contributed by atoms with Gasteiger partial charge in [-0.2, -0.15) is 0 Å². The van der Waals surface area contributed by atoms with Crippen LogP contribution in [-0.4, -0.2) is 13.1 Å². The first-order chi connectivity index (χ1) is 6.65. The fourth-order valence-electron chi connectivity index (χ4n) is 1.27. The Morgan fingerprint density at radius 1 is 1.50 bits per heavy atom. The Bertz CT molecular complexity index is 324. The normalized spacial score (nSPS) is 17.2. The molecule has 0 aromatic rings. The van der Waals surface area contributed by atoms with Gasteiger partial charge in [-0.15, -0.1) is 0 Å². The van der Waals surface area contributed by atoms with Gasteiger partial charge in [-0.1, -0.05) is 33.7 Å². The molecule has 0 amide bonds. The molecule has 0 unspecified atom stereocenters. The third kappa shape index (κ3) is 2.84. The largest absolute Gasteiger partial charge is 0.465 e. The predicted octanol–water partition coefficient (Wildman–Crippen LogP) is 3.10. The molecule has 0 aliphatic heterocycles. The summed E-state index contributed by atoms with van der Waals surface area (Å²) < 4.78 is 5.85. The van der Waals surface area contributed by atoms with Crippen LogP contribution in [0.4, 0.5) is 0 Å². The Morgan fingerprint density at radius 3 is 2.86 bits per heavy atom. The van der Waals surface area contributed by atoms with E-state index in [4.69, 9.17) is 4.74 Å². The molecule has 0 aromatic carbocycles. The molecule has 1 rings (SSSR count). The van der Waals surface area contributed by atoms with Crippen LogP contribution in [0.1, 0.15) is 19.8 Å². The predicted molar refractivity (Wildman–Crippen MR) is 60.1 cm³/mol. The topological polar surface area (TPSA) is 26.3 Å². The molecule has 0 fully saturated rings. The van der Waals surface area contributed by atoms with Crippen molar-refractivity contribution < 1.29 is 9.53 Å². The van der Waals surface area contributed by atoms with Crippen LogP contribution >= 0.6 is 15.9 Å². The van der Waals surface area contributed by atoms with Crippen LogP contribution in [0.2, 0.25) is 0 Å². The van der Waals surface area contributed by atoms with E-state index in [0.29, 0.717) is 5.57 Å². The van der Waals surface area contributed by atoms with Crippen molar-refractivity contribution in [3.63, 3.8) is 0 Å². The Balaban J connectivity index is 2.96. The molecule has 2 nitrogen and oxygen atoms in total. The van der Waals surface area contributed by atoms with Crippen LogP contribution in [0.5, 0.6) is 0 Å². The molecule has 0 N–H and O–H groups in total. The van der Waals surface area contributed by atoms with Gasteiger partial charge in [0.25, 0.3) is 0 Å². The number of ether oxygens (including phenoxy) is 1. The van der Waals surface area contributed by atoms with Crippen molar-refractivity contribution in [3.05, 3.63) is 33.9 Å². The lowest BCUT2D eigenvalue weighted by Crippen LogP contribution is -2.05. The molecule has 1 aliphatic carbocycles. The third-order valence-corrected chi connectivity index (χ3v) is 2.80. The Kier molecular flexibility index (Phi) is 4.14. The van der Waals surface area contributed by atoms with Gasteiger partial charge in [0, 0.05) is 0 Å². The highest BCUT2D eigenvalue weighted by molar-refractivity contribution is 9.11. The van der Waals surface area contributed by atoms with E-state index in [9.17, 15) is 4.79 Å². The maximum absolute atomic E-state index is 11.4. The average molecular weight is 257 g/mol. The van der Waals surface area contributed by atoms with E-state index in [0.717, 1.165) is 22.9 Å². The van der Waals surface area contributed by atoms with E-state index >= 15 is 0 Å². The van der Waals surface area contributed by atoms with Crippen molar-refractivity contribution in [2.75, 3.05) is 7.11 Å². The van der Waals surface area contributed by atoms with Crippen LogP contribution in [0.15, 0.2) is 33.9 Å². The zero-order valence-electron chi connectivity index (χ0n) is 8.34. The first-order valence-corrected chi connectivity index (χ1v) is 5.25. The van der Waals surface area contributed by atoms with Crippen LogP contribution in [0, 0.1) is 0 Å². The van der Waals surface area contributed by atoms with Gasteiger partial charge in [0.1, 0.15) is 0 Å². The summed E-state index contributed by atoms with van der Waals surface area (Å²) >= 11 is 3.45. The molecule has 0 aromatic heterocycles. The molecule has 0 spiro atoms. The molecular weight excluding hydrogens is 244 g/mol.